The molecule has 0 aromatic heterocycles. The van der Waals surface area contributed by atoms with Gasteiger partial charge in [-0.3, -0.25) is 4.79 Å². The van der Waals surface area contributed by atoms with Crippen LogP contribution in [0, 0.1) is 0 Å². The van der Waals surface area contributed by atoms with Crippen molar-refractivity contribution in [3.63, 3.8) is 0 Å². The van der Waals surface area contributed by atoms with Gasteiger partial charge < -0.3 is 19.9 Å². The van der Waals surface area contributed by atoms with Gasteiger partial charge in [-0.05, 0) is 91.4 Å². The number of amides is 1. The molecular formula is C34H43N3O3. The maximum Gasteiger partial charge on any atom is 0.337 e. The summed E-state index contributed by atoms with van der Waals surface area (Å²) in [5.41, 5.74) is 7.05. The van der Waals surface area contributed by atoms with E-state index in [4.69, 9.17) is 4.74 Å². The molecule has 0 fully saturated rings. The van der Waals surface area contributed by atoms with E-state index in [0.29, 0.717) is 5.56 Å². The number of nitrogens with one attached hydrogen (secondary N) is 1. The highest BCUT2D eigenvalue weighted by Gasteiger charge is 2.32. The summed E-state index contributed by atoms with van der Waals surface area (Å²) in [5.74, 6) is -0.304. The molecule has 4 rings (SSSR count). The molecule has 2 atom stereocenters. The van der Waals surface area contributed by atoms with Crippen LogP contribution >= 0.6 is 0 Å². The number of ether oxygens (including phenoxy) is 1. The summed E-state index contributed by atoms with van der Waals surface area (Å²) in [6.45, 7) is 10.3. The van der Waals surface area contributed by atoms with Crippen LogP contribution < -0.4 is 15.1 Å². The molecule has 0 saturated heterocycles. The van der Waals surface area contributed by atoms with Crippen molar-refractivity contribution >= 4 is 28.9 Å². The van der Waals surface area contributed by atoms with Crippen LogP contribution in [0.15, 0.2) is 66.7 Å². The van der Waals surface area contributed by atoms with Gasteiger partial charge >= 0.3 is 5.97 Å². The van der Waals surface area contributed by atoms with Crippen LogP contribution in [0.3, 0.4) is 0 Å². The average molecular weight is 542 g/mol. The summed E-state index contributed by atoms with van der Waals surface area (Å²) >= 11 is 0. The molecule has 3 aromatic rings. The molecule has 212 valence electrons. The lowest BCUT2D eigenvalue weighted by atomic mass is 9.88. The lowest BCUT2D eigenvalue weighted by Gasteiger charge is -2.40. The minimum atomic E-state index is -0.352. The fraction of sp³-hybridized carbons (Fsp3) is 0.412. The Morgan fingerprint density at radius 3 is 2.25 bits per heavy atom. The summed E-state index contributed by atoms with van der Waals surface area (Å²) in [4.78, 5) is 29.0. The van der Waals surface area contributed by atoms with Crippen LogP contribution in [0.4, 0.5) is 17.1 Å². The fourth-order valence-corrected chi connectivity index (χ4v) is 5.63. The summed E-state index contributed by atoms with van der Waals surface area (Å²) < 4.78 is 4.84. The molecule has 0 radical (unpaired) electrons. The van der Waals surface area contributed by atoms with E-state index in [-0.39, 0.29) is 24.0 Å². The maximum atomic E-state index is 12.7. The average Bonchev–Trinajstić information content (AvgIpc) is 2.97. The van der Waals surface area contributed by atoms with E-state index in [1.807, 2.05) is 17.0 Å². The van der Waals surface area contributed by atoms with Crippen LogP contribution in [-0.2, 0) is 9.53 Å². The Labute approximate surface area is 239 Å². The first-order chi connectivity index (χ1) is 19.4. The van der Waals surface area contributed by atoms with E-state index in [9.17, 15) is 9.59 Å². The predicted octanol–water partition coefficient (Wildman–Crippen LogP) is 7.85. The van der Waals surface area contributed by atoms with E-state index in [1.54, 1.807) is 19.1 Å². The second kappa shape index (κ2) is 13.5. The Balaban J connectivity index is 1.69. The normalized spacial score (nSPS) is 16.3. The third kappa shape index (κ3) is 6.67. The molecule has 1 N–H and O–H groups in total. The van der Waals surface area contributed by atoms with Crippen molar-refractivity contribution in [3.8, 4) is 11.1 Å². The zero-order valence-corrected chi connectivity index (χ0v) is 24.6. The number of nitrogens with zero attached hydrogens (tertiary/aromatic N) is 2. The van der Waals surface area contributed by atoms with Crippen LogP contribution in [0.1, 0.15) is 81.8 Å². The predicted molar refractivity (Wildman–Crippen MR) is 165 cm³/mol. The highest BCUT2D eigenvalue weighted by molar-refractivity contribution is 5.94. The molecule has 0 aliphatic carbocycles. The summed E-state index contributed by atoms with van der Waals surface area (Å²) in [6, 6.07) is 22.7. The smallest absolute Gasteiger partial charge is 0.337 e. The van der Waals surface area contributed by atoms with Gasteiger partial charge in [0, 0.05) is 43.1 Å². The van der Waals surface area contributed by atoms with E-state index >= 15 is 0 Å². The van der Waals surface area contributed by atoms with E-state index in [0.717, 1.165) is 42.0 Å². The van der Waals surface area contributed by atoms with Crippen LogP contribution in [0.2, 0.25) is 0 Å². The summed E-state index contributed by atoms with van der Waals surface area (Å²) in [7, 11) is 1.39. The van der Waals surface area contributed by atoms with Crippen LogP contribution in [0.5, 0.6) is 0 Å². The topological polar surface area (TPSA) is 61.9 Å². The Morgan fingerprint density at radius 2 is 1.62 bits per heavy atom. The SMILES string of the molecule is CCCCN(CCCC)c1cccc(-c2ccc3c(c2)[C@H](Nc2ccc(C(=O)OC)cc2)C[C@H](C)N3C(C)=O)c1. The number of hydrogen-bond acceptors (Lipinski definition) is 5. The molecule has 6 heteroatoms. The number of hydrogen-bond donors (Lipinski definition) is 1. The molecule has 1 aliphatic rings. The molecule has 0 spiro atoms. The second-order valence-electron chi connectivity index (χ2n) is 10.8. The van der Waals surface area contributed by atoms with Gasteiger partial charge in [-0.15, -0.1) is 0 Å². The number of carbonyl (C=O) groups is 2. The molecule has 1 amide bonds. The molecule has 40 heavy (non-hydrogen) atoms. The molecular weight excluding hydrogens is 498 g/mol. The van der Waals surface area contributed by atoms with Crippen molar-refractivity contribution in [2.75, 3.05) is 35.3 Å². The largest absolute Gasteiger partial charge is 0.465 e. The standard InChI is InChI=1S/C34H43N3O3/c1-6-8-19-36(20-9-7-2)30-12-10-11-27(22-30)28-15-18-33-31(23-28)32(21-24(3)37(33)25(4)38)35-29-16-13-26(14-17-29)34(39)40-5/h10-18,22-24,32,35H,6-9,19-21H2,1-5H3/t24-,32+/m0/s1. The van der Waals surface area contributed by atoms with Crippen molar-refractivity contribution in [3.05, 3.63) is 77.9 Å². The quantitative estimate of drug-likeness (QED) is 0.251. The van der Waals surface area contributed by atoms with Gasteiger partial charge in [0.1, 0.15) is 0 Å². The minimum absolute atomic E-state index is 0.0123. The van der Waals surface area contributed by atoms with Gasteiger partial charge in [-0.25, -0.2) is 4.79 Å². The van der Waals surface area contributed by atoms with E-state index in [1.165, 1.54) is 44.0 Å². The fourth-order valence-electron chi connectivity index (χ4n) is 5.63. The van der Waals surface area contributed by atoms with Gasteiger partial charge in [-0.1, -0.05) is 44.9 Å². The van der Waals surface area contributed by atoms with E-state index in [2.05, 4.69) is 73.5 Å². The number of unbranched alkanes of at least 4 members (excludes halogenated alkanes) is 2. The number of esters is 1. The van der Waals surface area contributed by atoms with E-state index < -0.39 is 0 Å². The van der Waals surface area contributed by atoms with Crippen molar-refractivity contribution in [1.82, 2.24) is 0 Å². The Bertz CT molecular complexity index is 1300. The van der Waals surface area contributed by atoms with Crippen LogP contribution in [-0.4, -0.2) is 38.1 Å². The minimum Gasteiger partial charge on any atom is -0.465 e. The highest BCUT2D eigenvalue weighted by Crippen LogP contribution is 2.41. The molecule has 1 aliphatic heterocycles. The monoisotopic (exact) mass is 541 g/mol. The Morgan fingerprint density at radius 1 is 0.950 bits per heavy atom. The summed E-state index contributed by atoms with van der Waals surface area (Å²) in [6.07, 6.45) is 5.49. The first-order valence-electron chi connectivity index (χ1n) is 14.6. The van der Waals surface area contributed by atoms with Crippen molar-refractivity contribution in [2.45, 2.75) is 71.9 Å². The molecule has 0 unspecified atom stereocenters. The second-order valence-corrected chi connectivity index (χ2v) is 10.8. The Hall–Kier alpha value is -3.80. The zero-order valence-electron chi connectivity index (χ0n) is 24.6. The van der Waals surface area contributed by atoms with Crippen molar-refractivity contribution in [1.29, 1.82) is 0 Å². The first-order valence-corrected chi connectivity index (χ1v) is 14.6. The maximum absolute atomic E-state index is 12.7. The van der Waals surface area contributed by atoms with Gasteiger partial charge in [0.2, 0.25) is 5.91 Å². The Kier molecular flexibility index (Phi) is 9.86. The van der Waals surface area contributed by atoms with Gasteiger partial charge in [-0.2, -0.15) is 0 Å². The lowest BCUT2D eigenvalue weighted by molar-refractivity contribution is -0.117. The van der Waals surface area contributed by atoms with Crippen molar-refractivity contribution in [2.24, 2.45) is 0 Å². The molecule has 1 heterocycles. The highest BCUT2D eigenvalue weighted by atomic mass is 16.5. The van der Waals surface area contributed by atoms with Gasteiger partial charge in [0.15, 0.2) is 0 Å². The molecule has 0 bridgehead atoms. The first kappa shape index (κ1) is 29.2. The molecule has 0 saturated carbocycles. The van der Waals surface area contributed by atoms with Gasteiger partial charge in [0.25, 0.3) is 0 Å². The molecule has 6 nitrogen and oxygen atoms in total. The number of fused-ring (bicyclic) bond motifs is 1. The number of anilines is 3. The van der Waals surface area contributed by atoms with Crippen LogP contribution in [0.25, 0.3) is 11.1 Å². The molecule has 3 aromatic carbocycles. The number of rotatable bonds is 11. The third-order valence-electron chi connectivity index (χ3n) is 7.77. The number of carbonyl (C=O) groups excluding carboxylic acids is 2. The van der Waals surface area contributed by atoms with Crippen molar-refractivity contribution < 1.29 is 14.3 Å². The number of benzene rings is 3. The summed E-state index contributed by atoms with van der Waals surface area (Å²) in [5, 5.41) is 3.67. The van der Waals surface area contributed by atoms with Gasteiger partial charge in [0.05, 0.1) is 18.7 Å². The third-order valence-corrected chi connectivity index (χ3v) is 7.77. The number of methoxy groups -OCH3 is 1. The zero-order chi connectivity index (χ0) is 28.6. The lowest BCUT2D eigenvalue weighted by Crippen LogP contribution is -2.43.